The first-order valence-electron chi connectivity index (χ1n) is 22.0. The van der Waals surface area contributed by atoms with Crippen LogP contribution >= 0.6 is 0 Å². The number of carbonyl (C=O) groups excluding carboxylic acids is 5. The zero-order valence-electron chi connectivity index (χ0n) is 35.3. The predicted molar refractivity (Wildman–Crippen MR) is 233 cm³/mol. The number of Topliss-reactive ketones (excluding diaryl/α,β-unsaturated/α-hetero) is 1. The number of anilines is 4. The van der Waals surface area contributed by atoms with Gasteiger partial charge in [0.1, 0.15) is 17.5 Å². The molecule has 4 aromatic rings. The van der Waals surface area contributed by atoms with Crippen LogP contribution in [0.15, 0.2) is 47.5 Å². The molecule has 1 aliphatic carbocycles. The molecule has 0 bridgehead atoms. The second-order valence-electron chi connectivity index (χ2n) is 17.4. The van der Waals surface area contributed by atoms with E-state index in [0.29, 0.717) is 65.0 Å². The molecular weight excluding hydrogens is 791 g/mol. The number of rotatable bonds is 10. The van der Waals surface area contributed by atoms with Crippen molar-refractivity contribution in [1.29, 1.82) is 0 Å². The van der Waals surface area contributed by atoms with Gasteiger partial charge in [0.2, 0.25) is 17.8 Å². The number of amides is 5. The van der Waals surface area contributed by atoms with Crippen LogP contribution < -0.4 is 26.4 Å². The van der Waals surface area contributed by atoms with Crippen molar-refractivity contribution in [2.24, 2.45) is 5.92 Å². The molecule has 1 atom stereocenters. The average Bonchev–Trinajstić information content (AvgIpc) is 3.91. The van der Waals surface area contributed by atoms with E-state index in [4.69, 9.17) is 4.98 Å². The van der Waals surface area contributed by atoms with Crippen LogP contribution in [0.3, 0.4) is 0 Å². The minimum atomic E-state index is -0.676. The van der Waals surface area contributed by atoms with Crippen LogP contribution in [0.5, 0.6) is 0 Å². The van der Waals surface area contributed by atoms with Crippen LogP contribution in [0.1, 0.15) is 103 Å². The van der Waals surface area contributed by atoms with Crippen LogP contribution in [-0.4, -0.2) is 116 Å². The van der Waals surface area contributed by atoms with Gasteiger partial charge in [-0.05, 0) is 106 Å². The van der Waals surface area contributed by atoms with Gasteiger partial charge in [0.25, 0.3) is 11.5 Å². The van der Waals surface area contributed by atoms with E-state index >= 15 is 0 Å². The summed E-state index contributed by atoms with van der Waals surface area (Å²) in [5.74, 6) is 0.252. The monoisotopic (exact) mass is 843 g/mol. The molecule has 5 aliphatic rings. The fraction of sp³-hybridized carbons (Fsp3) is 0.489. The largest absolute Gasteiger partial charge is 0.368 e. The van der Waals surface area contributed by atoms with Gasteiger partial charge in [-0.15, -0.1) is 0 Å². The van der Waals surface area contributed by atoms with Crippen LogP contribution in [-0.2, 0) is 16.1 Å². The maximum Gasteiger partial charge on any atom is 0.321 e. The number of piperazine rings is 1. The lowest BCUT2D eigenvalue weighted by Crippen LogP contribution is -2.52. The lowest BCUT2D eigenvalue weighted by molar-refractivity contribution is -0.136. The number of carbonyl (C=O) groups is 5. The Morgan fingerprint density at radius 3 is 2.37 bits per heavy atom. The van der Waals surface area contributed by atoms with Gasteiger partial charge in [0.05, 0.1) is 17.4 Å². The van der Waals surface area contributed by atoms with Gasteiger partial charge in [-0.1, -0.05) is 12.8 Å². The molecule has 3 saturated heterocycles. The van der Waals surface area contributed by atoms with E-state index in [0.717, 1.165) is 88.9 Å². The van der Waals surface area contributed by atoms with Gasteiger partial charge in [0.15, 0.2) is 5.78 Å². The number of fused-ring (bicyclic) bond motifs is 2. The fourth-order valence-corrected chi connectivity index (χ4v) is 9.94. The highest BCUT2D eigenvalue weighted by Crippen LogP contribution is 2.33. The summed E-state index contributed by atoms with van der Waals surface area (Å²) in [7, 11) is 0. The first kappa shape index (κ1) is 41.1. The van der Waals surface area contributed by atoms with E-state index in [1.807, 2.05) is 17.2 Å². The lowest BCUT2D eigenvalue weighted by atomic mass is 9.93. The first-order valence-corrected chi connectivity index (χ1v) is 22.0. The number of aromatic nitrogens is 4. The van der Waals surface area contributed by atoms with Gasteiger partial charge in [-0.3, -0.25) is 38.8 Å². The van der Waals surface area contributed by atoms with E-state index < -0.39 is 11.9 Å². The molecule has 324 valence electrons. The molecule has 9 rings (SSSR count). The predicted octanol–water partition coefficient (Wildman–Crippen LogP) is 4.77. The molecule has 3 N–H and O–H groups in total. The summed E-state index contributed by atoms with van der Waals surface area (Å²) < 4.78 is 1.71. The fourth-order valence-electron chi connectivity index (χ4n) is 9.94. The van der Waals surface area contributed by atoms with Crippen molar-refractivity contribution in [2.45, 2.75) is 90.3 Å². The van der Waals surface area contributed by atoms with Crippen molar-refractivity contribution in [3.8, 4) is 0 Å². The minimum absolute atomic E-state index is 0.00813. The molecule has 4 fully saturated rings. The van der Waals surface area contributed by atoms with Gasteiger partial charge in [-0.25, -0.2) is 14.8 Å². The molecule has 62 heavy (non-hydrogen) atoms. The topological polar surface area (TPSA) is 195 Å². The number of aryl methyl sites for hydroxylation is 1. The number of nitrogens with zero attached hydrogens (tertiary/aromatic N) is 8. The zero-order chi connectivity index (χ0) is 43.1. The number of pyridine rings is 2. The molecule has 0 radical (unpaired) electrons. The zero-order valence-corrected chi connectivity index (χ0v) is 35.3. The maximum absolute atomic E-state index is 13.6. The Kier molecular flexibility index (Phi) is 11.5. The number of ketones is 1. The Morgan fingerprint density at radius 2 is 1.66 bits per heavy atom. The summed E-state index contributed by atoms with van der Waals surface area (Å²) in [6.07, 6.45) is 10.9. The summed E-state index contributed by atoms with van der Waals surface area (Å²) in [6.45, 7) is 9.58. The van der Waals surface area contributed by atoms with Crippen molar-refractivity contribution >= 4 is 63.7 Å². The van der Waals surface area contributed by atoms with E-state index in [1.54, 1.807) is 35.9 Å². The van der Waals surface area contributed by atoms with Gasteiger partial charge < -0.3 is 25.3 Å². The highest BCUT2D eigenvalue weighted by Gasteiger charge is 2.39. The summed E-state index contributed by atoms with van der Waals surface area (Å²) in [5.41, 5.74) is 4.02. The normalized spacial score (nSPS) is 20.2. The number of benzene rings is 1. The Labute approximate surface area is 359 Å². The van der Waals surface area contributed by atoms with Crippen molar-refractivity contribution in [3.05, 3.63) is 75.3 Å². The Hall–Kier alpha value is -6.23. The number of hydrogen-bond donors (Lipinski definition) is 3. The molecule has 5 amide bonds. The Balaban J connectivity index is 0.721. The van der Waals surface area contributed by atoms with Crippen LogP contribution in [0.25, 0.3) is 11.0 Å². The van der Waals surface area contributed by atoms with Crippen LogP contribution in [0.2, 0.25) is 0 Å². The van der Waals surface area contributed by atoms with Gasteiger partial charge in [-0.2, -0.15) is 4.98 Å². The van der Waals surface area contributed by atoms with Crippen LogP contribution in [0, 0.1) is 12.8 Å². The highest BCUT2D eigenvalue weighted by molar-refractivity contribution is 6.06. The maximum atomic E-state index is 13.6. The van der Waals surface area contributed by atoms with E-state index in [1.165, 1.54) is 11.8 Å². The number of nitrogens with one attached hydrogen (secondary N) is 3. The third kappa shape index (κ3) is 8.24. The third-order valence-electron chi connectivity index (χ3n) is 13.5. The summed E-state index contributed by atoms with van der Waals surface area (Å²) in [5, 5.41) is 9.26. The molecule has 7 heterocycles. The molecule has 0 spiro atoms. The number of likely N-dealkylation sites (tertiary alicyclic amines) is 1. The van der Waals surface area contributed by atoms with Crippen molar-refractivity contribution in [3.63, 3.8) is 0 Å². The molecule has 1 aromatic carbocycles. The van der Waals surface area contributed by atoms with Gasteiger partial charge in [0, 0.05) is 81.1 Å². The lowest BCUT2D eigenvalue weighted by Gasteiger charge is -2.37. The van der Waals surface area contributed by atoms with E-state index in [-0.39, 0.29) is 53.8 Å². The number of urea groups is 1. The average molecular weight is 844 g/mol. The molecule has 1 unspecified atom stereocenters. The minimum Gasteiger partial charge on any atom is -0.368 e. The van der Waals surface area contributed by atoms with Crippen molar-refractivity contribution < 1.29 is 24.0 Å². The molecule has 1 saturated carbocycles. The summed E-state index contributed by atoms with van der Waals surface area (Å²) in [6, 6.07) is 8.38. The van der Waals surface area contributed by atoms with Crippen molar-refractivity contribution in [2.75, 3.05) is 61.3 Å². The Morgan fingerprint density at radius 1 is 0.887 bits per heavy atom. The van der Waals surface area contributed by atoms with Gasteiger partial charge >= 0.3 is 6.03 Å². The number of hydrogen-bond acceptors (Lipinski definition) is 12. The second-order valence-corrected chi connectivity index (χ2v) is 17.4. The van der Waals surface area contributed by atoms with Crippen molar-refractivity contribution in [1.82, 2.24) is 39.5 Å². The third-order valence-corrected chi connectivity index (χ3v) is 13.5. The Bertz CT molecular complexity index is 2480. The summed E-state index contributed by atoms with van der Waals surface area (Å²) >= 11 is 0. The SMILES string of the molecule is CC(=O)c1c(C)c2cnc(Nc3ccc(N4CCN(CCC5CCN(C(=O)Nc6ccc7c(c6)CN(C6CCC(=O)NC6=O)C7=O)CC5)CC4)cn3)nc2n(C2CCCC2)c1=O. The van der Waals surface area contributed by atoms with E-state index in [9.17, 15) is 28.8 Å². The first-order chi connectivity index (χ1) is 30.0. The second kappa shape index (κ2) is 17.3. The number of imide groups is 1. The van der Waals surface area contributed by atoms with Crippen LogP contribution in [0.4, 0.5) is 27.9 Å². The molecule has 17 nitrogen and oxygen atoms in total. The molecule has 3 aromatic heterocycles. The smallest absolute Gasteiger partial charge is 0.321 e. The molecule has 4 aliphatic heterocycles. The number of piperidine rings is 2. The summed E-state index contributed by atoms with van der Waals surface area (Å²) in [4.78, 5) is 98.6. The molecule has 17 heteroatoms. The molecular formula is C45H53N11O6. The quantitative estimate of drug-likeness (QED) is 0.146. The standard InChI is InChI=1S/C45H53N11O6/c1-27-35-25-47-44(51-40(35)56(32-5-3-4-6-32)43(61)39(27)28(2)57)49-37-11-8-33(24-46-37)53-21-19-52(20-22-53)16-13-29-14-17-54(18-15-29)45(62)48-31-7-9-34-30(23-31)26-55(42(34)60)36-10-12-38(58)50-41(36)59/h7-9,11,23-25,29,32,36H,3-6,10,12-22,26H2,1-2H3,(H,48,62)(H,50,58,59)(H,46,47,49,51). The van der Waals surface area contributed by atoms with E-state index in [2.05, 4.69) is 41.8 Å². The highest BCUT2D eigenvalue weighted by atomic mass is 16.2.